The molecule has 0 fully saturated rings. The van der Waals surface area contributed by atoms with Crippen molar-refractivity contribution in [3.05, 3.63) is 29.8 Å². The molecule has 0 radical (unpaired) electrons. The van der Waals surface area contributed by atoms with Crippen LogP contribution < -0.4 is 10.5 Å². The summed E-state index contributed by atoms with van der Waals surface area (Å²) in [5.74, 6) is 1.53. The van der Waals surface area contributed by atoms with Crippen molar-refractivity contribution in [2.24, 2.45) is 7.05 Å². The van der Waals surface area contributed by atoms with Crippen LogP contribution in [0.1, 0.15) is 12.5 Å². The third kappa shape index (κ3) is 1.98. The lowest BCUT2D eigenvalue weighted by molar-refractivity contribution is 0.341. The highest BCUT2D eigenvalue weighted by Gasteiger charge is 2.14. The standard InChI is InChI=1S/C13H17N3O/c1-4-17-11-8-6-5-7-10(11)12-9(2)13(14)16(3)15-12/h5-8H,4,14H2,1-3H3. The van der Waals surface area contributed by atoms with Crippen LogP contribution in [-0.4, -0.2) is 16.4 Å². The van der Waals surface area contributed by atoms with Crippen molar-refractivity contribution in [2.75, 3.05) is 12.3 Å². The number of aryl methyl sites for hydroxylation is 1. The van der Waals surface area contributed by atoms with E-state index in [0.29, 0.717) is 12.4 Å². The summed E-state index contributed by atoms with van der Waals surface area (Å²) >= 11 is 0. The minimum absolute atomic E-state index is 0.637. The lowest BCUT2D eigenvalue weighted by Gasteiger charge is -2.08. The van der Waals surface area contributed by atoms with Crippen molar-refractivity contribution in [3.8, 4) is 17.0 Å². The van der Waals surface area contributed by atoms with E-state index in [1.165, 1.54) is 0 Å². The van der Waals surface area contributed by atoms with Gasteiger partial charge in [0.05, 0.1) is 6.61 Å². The Morgan fingerprint density at radius 3 is 2.65 bits per heavy atom. The van der Waals surface area contributed by atoms with Crippen molar-refractivity contribution >= 4 is 5.82 Å². The molecule has 0 aliphatic rings. The molecule has 2 aromatic rings. The molecule has 4 heteroatoms. The molecule has 1 aromatic carbocycles. The first-order valence-electron chi connectivity index (χ1n) is 5.66. The fourth-order valence-corrected chi connectivity index (χ4v) is 1.84. The summed E-state index contributed by atoms with van der Waals surface area (Å²) in [7, 11) is 1.84. The topological polar surface area (TPSA) is 53.1 Å². The predicted octanol–water partition coefficient (Wildman–Crippen LogP) is 2.38. The lowest BCUT2D eigenvalue weighted by atomic mass is 10.1. The van der Waals surface area contributed by atoms with Crippen molar-refractivity contribution < 1.29 is 4.74 Å². The van der Waals surface area contributed by atoms with Gasteiger partial charge in [-0.05, 0) is 26.0 Å². The van der Waals surface area contributed by atoms with Gasteiger partial charge in [-0.1, -0.05) is 12.1 Å². The van der Waals surface area contributed by atoms with Crippen molar-refractivity contribution in [1.29, 1.82) is 0 Å². The number of rotatable bonds is 3. The Kier molecular flexibility index (Phi) is 3.04. The number of nitrogens with two attached hydrogens (primary N) is 1. The van der Waals surface area contributed by atoms with Gasteiger partial charge < -0.3 is 10.5 Å². The molecule has 0 saturated carbocycles. The van der Waals surface area contributed by atoms with Crippen LogP contribution in [0.2, 0.25) is 0 Å². The summed E-state index contributed by atoms with van der Waals surface area (Å²) in [4.78, 5) is 0. The number of hydrogen-bond donors (Lipinski definition) is 1. The first-order valence-corrected chi connectivity index (χ1v) is 5.66. The van der Waals surface area contributed by atoms with Crippen molar-refractivity contribution in [1.82, 2.24) is 9.78 Å². The highest BCUT2D eigenvalue weighted by molar-refractivity contribution is 5.73. The van der Waals surface area contributed by atoms with Gasteiger partial charge in [-0.15, -0.1) is 0 Å². The monoisotopic (exact) mass is 231 g/mol. The number of nitrogens with zero attached hydrogens (tertiary/aromatic N) is 2. The van der Waals surface area contributed by atoms with Crippen LogP contribution in [0.3, 0.4) is 0 Å². The minimum Gasteiger partial charge on any atom is -0.493 e. The molecule has 0 aliphatic heterocycles. The Balaban J connectivity index is 2.56. The zero-order valence-electron chi connectivity index (χ0n) is 10.4. The normalized spacial score (nSPS) is 10.5. The van der Waals surface area contributed by atoms with Crippen LogP contribution in [0.4, 0.5) is 5.82 Å². The van der Waals surface area contributed by atoms with Gasteiger partial charge >= 0.3 is 0 Å². The highest BCUT2D eigenvalue weighted by Crippen LogP contribution is 2.32. The highest BCUT2D eigenvalue weighted by atomic mass is 16.5. The van der Waals surface area contributed by atoms with Crippen LogP contribution in [-0.2, 0) is 7.05 Å². The van der Waals surface area contributed by atoms with Crippen LogP contribution in [0, 0.1) is 6.92 Å². The van der Waals surface area contributed by atoms with Gasteiger partial charge in [-0.2, -0.15) is 5.10 Å². The quantitative estimate of drug-likeness (QED) is 0.882. The number of nitrogen functional groups attached to an aromatic ring is 1. The number of ether oxygens (including phenoxy) is 1. The molecule has 1 heterocycles. The van der Waals surface area contributed by atoms with E-state index < -0.39 is 0 Å². The van der Waals surface area contributed by atoms with E-state index in [1.54, 1.807) is 4.68 Å². The second kappa shape index (κ2) is 4.49. The largest absolute Gasteiger partial charge is 0.493 e. The van der Waals surface area contributed by atoms with E-state index >= 15 is 0 Å². The molecule has 0 atom stereocenters. The molecular formula is C13H17N3O. The Morgan fingerprint density at radius 1 is 1.35 bits per heavy atom. The lowest BCUT2D eigenvalue weighted by Crippen LogP contribution is -1.97. The fraction of sp³-hybridized carbons (Fsp3) is 0.308. The van der Waals surface area contributed by atoms with E-state index in [2.05, 4.69) is 5.10 Å². The van der Waals surface area contributed by atoms with E-state index in [0.717, 1.165) is 22.6 Å². The molecule has 0 unspecified atom stereocenters. The van der Waals surface area contributed by atoms with Gasteiger partial charge in [0.15, 0.2) is 0 Å². The van der Waals surface area contributed by atoms with Crippen molar-refractivity contribution in [3.63, 3.8) is 0 Å². The molecular weight excluding hydrogens is 214 g/mol. The summed E-state index contributed by atoms with van der Waals surface area (Å²) < 4.78 is 7.29. The Labute approximate surface area is 101 Å². The molecule has 0 bridgehead atoms. The summed E-state index contributed by atoms with van der Waals surface area (Å²) in [6, 6.07) is 7.88. The molecule has 2 N–H and O–H groups in total. The van der Waals surface area contributed by atoms with E-state index in [1.807, 2.05) is 45.2 Å². The first kappa shape index (κ1) is 11.5. The number of hydrogen-bond acceptors (Lipinski definition) is 3. The summed E-state index contributed by atoms with van der Waals surface area (Å²) in [6.07, 6.45) is 0. The first-order chi connectivity index (χ1) is 8.15. The summed E-state index contributed by atoms with van der Waals surface area (Å²) in [6.45, 7) is 4.58. The van der Waals surface area contributed by atoms with Crippen molar-refractivity contribution in [2.45, 2.75) is 13.8 Å². The third-order valence-electron chi connectivity index (χ3n) is 2.78. The molecule has 17 heavy (non-hydrogen) atoms. The van der Waals surface area contributed by atoms with Crippen LogP contribution in [0.15, 0.2) is 24.3 Å². The number of aromatic nitrogens is 2. The predicted molar refractivity (Wildman–Crippen MR) is 69.0 cm³/mol. The number of anilines is 1. The van der Waals surface area contributed by atoms with Gasteiger partial charge in [0, 0.05) is 18.2 Å². The minimum atomic E-state index is 0.637. The SMILES string of the molecule is CCOc1ccccc1-c1nn(C)c(N)c1C. The zero-order chi connectivity index (χ0) is 12.4. The summed E-state index contributed by atoms with van der Waals surface area (Å²) in [5.41, 5.74) is 8.78. The molecule has 2 rings (SSSR count). The second-order valence-corrected chi connectivity index (χ2v) is 3.91. The maximum absolute atomic E-state index is 5.92. The maximum Gasteiger partial charge on any atom is 0.128 e. The average molecular weight is 231 g/mol. The molecule has 0 amide bonds. The smallest absolute Gasteiger partial charge is 0.128 e. The van der Waals surface area contributed by atoms with Gasteiger partial charge in [0.25, 0.3) is 0 Å². The van der Waals surface area contributed by atoms with Crippen LogP contribution in [0.5, 0.6) is 5.75 Å². The number of para-hydroxylation sites is 1. The molecule has 0 saturated heterocycles. The average Bonchev–Trinajstić information content (AvgIpc) is 2.58. The third-order valence-corrected chi connectivity index (χ3v) is 2.78. The van der Waals surface area contributed by atoms with E-state index in [-0.39, 0.29) is 0 Å². The molecule has 4 nitrogen and oxygen atoms in total. The zero-order valence-corrected chi connectivity index (χ0v) is 10.4. The van der Waals surface area contributed by atoms with Gasteiger partial charge in [0.2, 0.25) is 0 Å². The van der Waals surface area contributed by atoms with Gasteiger partial charge in [0.1, 0.15) is 17.3 Å². The molecule has 0 spiro atoms. The van der Waals surface area contributed by atoms with E-state index in [9.17, 15) is 0 Å². The van der Waals surface area contributed by atoms with Crippen LogP contribution in [0.25, 0.3) is 11.3 Å². The van der Waals surface area contributed by atoms with Gasteiger partial charge in [-0.25, -0.2) is 0 Å². The van der Waals surface area contributed by atoms with Crippen LogP contribution >= 0.6 is 0 Å². The molecule has 0 aliphatic carbocycles. The Morgan fingerprint density at radius 2 is 2.06 bits per heavy atom. The molecule has 90 valence electrons. The number of benzene rings is 1. The van der Waals surface area contributed by atoms with Gasteiger partial charge in [-0.3, -0.25) is 4.68 Å². The summed E-state index contributed by atoms with van der Waals surface area (Å²) in [5, 5.41) is 4.43. The Bertz CT molecular complexity index is 531. The fourth-order valence-electron chi connectivity index (χ4n) is 1.84. The second-order valence-electron chi connectivity index (χ2n) is 3.91. The molecule has 1 aromatic heterocycles. The maximum atomic E-state index is 5.92. The van der Waals surface area contributed by atoms with E-state index in [4.69, 9.17) is 10.5 Å². The Hall–Kier alpha value is -1.97.